The number of hydrogen-bond acceptors (Lipinski definition) is 4. The molecule has 0 aliphatic rings. The van der Waals surface area contributed by atoms with Gasteiger partial charge in [-0.25, -0.2) is 4.98 Å². The third-order valence-corrected chi connectivity index (χ3v) is 2.18. The third-order valence-electron chi connectivity index (χ3n) is 1.31. The van der Waals surface area contributed by atoms with Crippen molar-refractivity contribution in [3.05, 3.63) is 24.3 Å². The van der Waals surface area contributed by atoms with E-state index in [2.05, 4.69) is 10.7 Å². The number of aromatic nitrogens is 1. The topological polar surface area (TPSA) is 64.9 Å². The summed E-state index contributed by atoms with van der Waals surface area (Å²) < 4.78 is 1.15. The zero-order valence-corrected chi connectivity index (χ0v) is 7.64. The number of benzene rings is 1. The van der Waals surface area contributed by atoms with Gasteiger partial charge in [0.15, 0.2) is 5.13 Å². The van der Waals surface area contributed by atoms with E-state index in [4.69, 9.17) is 5.73 Å². The van der Waals surface area contributed by atoms with Crippen LogP contribution >= 0.6 is 11.3 Å². The van der Waals surface area contributed by atoms with Gasteiger partial charge in [0.05, 0.1) is 10.2 Å². The molecule has 0 atom stereocenters. The monoisotopic (exact) mass is 181 g/mol. The second-order valence-electron chi connectivity index (χ2n) is 2.02. The zero-order chi connectivity index (χ0) is 8.97. The normalized spacial score (nSPS) is 9.17. The van der Waals surface area contributed by atoms with E-state index in [1.54, 1.807) is 0 Å². The Labute approximate surface area is 75.0 Å². The molecule has 0 saturated carbocycles. The maximum atomic E-state index is 5.50. The van der Waals surface area contributed by atoms with E-state index in [0.717, 1.165) is 10.2 Å². The Morgan fingerprint density at radius 1 is 1.25 bits per heavy atom. The van der Waals surface area contributed by atoms with Gasteiger partial charge in [0.1, 0.15) is 0 Å². The van der Waals surface area contributed by atoms with E-state index >= 15 is 0 Å². The maximum absolute atomic E-state index is 5.50. The Bertz CT molecular complexity index is 323. The SMILES string of the molecule is CN.Nc1nc2ccccc2s1. The number of fused-ring (bicyclic) bond motifs is 1. The number of nitrogens with two attached hydrogens (primary N) is 2. The van der Waals surface area contributed by atoms with Crippen LogP contribution < -0.4 is 11.5 Å². The van der Waals surface area contributed by atoms with Crippen molar-refractivity contribution in [2.24, 2.45) is 5.73 Å². The predicted octanol–water partition coefficient (Wildman–Crippen LogP) is 1.45. The molecular formula is C8H11N3S. The van der Waals surface area contributed by atoms with Crippen LogP contribution in [0.15, 0.2) is 24.3 Å². The van der Waals surface area contributed by atoms with Crippen LogP contribution in [0.3, 0.4) is 0 Å². The molecule has 1 aromatic heterocycles. The van der Waals surface area contributed by atoms with E-state index in [1.165, 1.54) is 18.4 Å². The molecule has 1 aromatic carbocycles. The third kappa shape index (κ3) is 1.72. The Hall–Kier alpha value is -1.13. The fraction of sp³-hybridized carbons (Fsp3) is 0.125. The lowest BCUT2D eigenvalue weighted by Gasteiger charge is -1.80. The molecule has 0 amide bonds. The second kappa shape index (κ2) is 4.04. The summed E-state index contributed by atoms with van der Waals surface area (Å²) >= 11 is 1.52. The predicted molar refractivity (Wildman–Crippen MR) is 54.1 cm³/mol. The largest absolute Gasteiger partial charge is 0.375 e. The number of nitrogen functional groups attached to an aromatic ring is 1. The van der Waals surface area contributed by atoms with Crippen molar-refractivity contribution in [1.29, 1.82) is 0 Å². The highest BCUT2D eigenvalue weighted by molar-refractivity contribution is 7.22. The summed E-state index contributed by atoms with van der Waals surface area (Å²) in [7, 11) is 1.50. The van der Waals surface area contributed by atoms with E-state index in [-0.39, 0.29) is 0 Å². The average molecular weight is 181 g/mol. The van der Waals surface area contributed by atoms with Gasteiger partial charge in [-0.1, -0.05) is 23.5 Å². The minimum absolute atomic E-state index is 0.640. The Morgan fingerprint density at radius 3 is 2.58 bits per heavy atom. The first-order valence-corrected chi connectivity index (χ1v) is 4.37. The Kier molecular flexibility index (Phi) is 3.01. The van der Waals surface area contributed by atoms with Crippen molar-refractivity contribution in [2.45, 2.75) is 0 Å². The smallest absolute Gasteiger partial charge is 0.181 e. The number of thiazole rings is 1. The van der Waals surface area contributed by atoms with Gasteiger partial charge in [0, 0.05) is 0 Å². The molecule has 0 radical (unpaired) electrons. The van der Waals surface area contributed by atoms with Gasteiger partial charge in [-0.3, -0.25) is 0 Å². The first-order valence-electron chi connectivity index (χ1n) is 3.55. The summed E-state index contributed by atoms with van der Waals surface area (Å²) in [5.41, 5.74) is 11.0. The molecule has 0 saturated heterocycles. The fourth-order valence-electron chi connectivity index (χ4n) is 0.890. The first-order chi connectivity index (χ1) is 5.86. The molecule has 4 N–H and O–H groups in total. The lowest BCUT2D eigenvalue weighted by molar-refractivity contribution is 1.48. The van der Waals surface area contributed by atoms with Gasteiger partial charge in [-0.15, -0.1) is 0 Å². The van der Waals surface area contributed by atoms with Crippen LogP contribution in [0.25, 0.3) is 10.2 Å². The molecule has 0 aliphatic heterocycles. The molecule has 4 heteroatoms. The van der Waals surface area contributed by atoms with Gasteiger partial charge in [-0.2, -0.15) is 0 Å². The fourth-order valence-corrected chi connectivity index (χ4v) is 1.62. The second-order valence-corrected chi connectivity index (χ2v) is 3.08. The van der Waals surface area contributed by atoms with Gasteiger partial charge in [-0.05, 0) is 19.2 Å². The van der Waals surface area contributed by atoms with Crippen LogP contribution in [0.1, 0.15) is 0 Å². The lowest BCUT2D eigenvalue weighted by atomic mass is 10.3. The molecule has 2 rings (SSSR count). The zero-order valence-electron chi connectivity index (χ0n) is 6.82. The van der Waals surface area contributed by atoms with Gasteiger partial charge in [0.2, 0.25) is 0 Å². The Balaban J connectivity index is 0.000000336. The highest BCUT2D eigenvalue weighted by Gasteiger charge is 1.96. The number of rotatable bonds is 0. The molecule has 3 nitrogen and oxygen atoms in total. The summed E-state index contributed by atoms with van der Waals surface area (Å²) in [5.74, 6) is 0. The molecule has 1 heterocycles. The van der Waals surface area contributed by atoms with E-state index < -0.39 is 0 Å². The molecule has 2 aromatic rings. The van der Waals surface area contributed by atoms with Gasteiger partial charge in [0.25, 0.3) is 0 Å². The number of nitrogens with zero attached hydrogens (tertiary/aromatic N) is 1. The van der Waals surface area contributed by atoms with E-state index in [9.17, 15) is 0 Å². The van der Waals surface area contributed by atoms with Crippen LogP contribution in [0.4, 0.5) is 5.13 Å². The molecule has 64 valence electrons. The summed E-state index contributed by atoms with van der Waals surface area (Å²) in [6.07, 6.45) is 0. The van der Waals surface area contributed by atoms with E-state index in [0.29, 0.717) is 5.13 Å². The summed E-state index contributed by atoms with van der Waals surface area (Å²) in [5, 5.41) is 0.640. The highest BCUT2D eigenvalue weighted by Crippen LogP contribution is 2.22. The number of para-hydroxylation sites is 1. The van der Waals surface area contributed by atoms with Crippen LogP contribution in [-0.4, -0.2) is 12.0 Å². The van der Waals surface area contributed by atoms with Crippen molar-refractivity contribution in [2.75, 3.05) is 12.8 Å². The molecular weight excluding hydrogens is 170 g/mol. The van der Waals surface area contributed by atoms with Gasteiger partial charge < -0.3 is 11.5 Å². The first kappa shape index (κ1) is 8.96. The minimum Gasteiger partial charge on any atom is -0.375 e. The van der Waals surface area contributed by atoms with E-state index in [1.807, 2.05) is 24.3 Å². The van der Waals surface area contributed by atoms with Crippen LogP contribution in [0, 0.1) is 0 Å². The van der Waals surface area contributed by atoms with Gasteiger partial charge >= 0.3 is 0 Å². The van der Waals surface area contributed by atoms with Crippen molar-refractivity contribution in [3.8, 4) is 0 Å². The molecule has 0 spiro atoms. The van der Waals surface area contributed by atoms with Crippen molar-refractivity contribution < 1.29 is 0 Å². The standard InChI is InChI=1S/C7H6N2S.CH5N/c8-7-9-5-3-1-2-4-6(5)10-7;1-2/h1-4H,(H2,8,9);2H2,1H3. The minimum atomic E-state index is 0.640. The quantitative estimate of drug-likeness (QED) is 0.646. The molecule has 0 bridgehead atoms. The van der Waals surface area contributed by atoms with Crippen LogP contribution in [-0.2, 0) is 0 Å². The Morgan fingerprint density at radius 2 is 1.92 bits per heavy atom. The van der Waals surface area contributed by atoms with Crippen LogP contribution in [0.5, 0.6) is 0 Å². The van der Waals surface area contributed by atoms with Crippen molar-refractivity contribution in [1.82, 2.24) is 4.98 Å². The van der Waals surface area contributed by atoms with Crippen molar-refractivity contribution >= 4 is 26.7 Å². The lowest BCUT2D eigenvalue weighted by Crippen LogP contribution is -1.78. The number of hydrogen-bond donors (Lipinski definition) is 2. The molecule has 12 heavy (non-hydrogen) atoms. The maximum Gasteiger partial charge on any atom is 0.181 e. The highest BCUT2D eigenvalue weighted by atomic mass is 32.1. The molecule has 0 unspecified atom stereocenters. The van der Waals surface area contributed by atoms with Crippen LogP contribution in [0.2, 0.25) is 0 Å². The molecule has 0 aliphatic carbocycles. The average Bonchev–Trinajstić information content (AvgIpc) is 2.48. The summed E-state index contributed by atoms with van der Waals surface area (Å²) in [4.78, 5) is 4.11. The molecule has 0 fully saturated rings. The summed E-state index contributed by atoms with van der Waals surface area (Å²) in [6.45, 7) is 0. The van der Waals surface area contributed by atoms with Crippen molar-refractivity contribution in [3.63, 3.8) is 0 Å². The number of anilines is 1. The summed E-state index contributed by atoms with van der Waals surface area (Å²) in [6, 6.07) is 7.92.